The van der Waals surface area contributed by atoms with Crippen LogP contribution in [0, 0.1) is 0 Å². The minimum Gasteiger partial charge on any atom is -0.414 e. The Hall–Kier alpha value is -5.51. The van der Waals surface area contributed by atoms with Gasteiger partial charge in [-0.25, -0.2) is 15.1 Å². The second-order valence-corrected chi connectivity index (χ2v) is 15.7. The molecule has 13 nitrogen and oxygen atoms in total. The van der Waals surface area contributed by atoms with Crippen molar-refractivity contribution in [2.75, 3.05) is 12.4 Å². The Morgan fingerprint density at radius 3 is 2.23 bits per heavy atom. The summed E-state index contributed by atoms with van der Waals surface area (Å²) in [5.41, 5.74) is 4.97. The normalized spacial score (nSPS) is 12.6. The van der Waals surface area contributed by atoms with Gasteiger partial charge in [0.25, 0.3) is 0 Å². The molecule has 0 fully saturated rings. The summed E-state index contributed by atoms with van der Waals surface area (Å²) in [5.74, 6) is -0.703. The van der Waals surface area contributed by atoms with E-state index in [1.165, 1.54) is 33.8 Å². The third kappa shape index (κ3) is 14.0. The molecule has 0 spiro atoms. The minimum atomic E-state index is -1.20. The number of carbonyl (C=O) groups is 4. The highest BCUT2D eigenvalue weighted by molar-refractivity contribution is 7.09. The van der Waals surface area contributed by atoms with Crippen LogP contribution in [0.3, 0.4) is 0 Å². The number of hydrogen-bond donors (Lipinski definition) is 4. The van der Waals surface area contributed by atoms with Crippen molar-refractivity contribution in [3.63, 3.8) is 0 Å². The first-order valence-corrected chi connectivity index (χ1v) is 20.3. The van der Waals surface area contributed by atoms with Gasteiger partial charge in [-0.1, -0.05) is 74.5 Å². The lowest BCUT2D eigenvalue weighted by Crippen LogP contribution is -2.93. The van der Waals surface area contributed by atoms with Crippen LogP contribution >= 0.6 is 22.7 Å². The number of hydrogen-bond acceptors (Lipinski definition) is 10. The van der Waals surface area contributed by atoms with Crippen LogP contribution in [-0.2, 0) is 40.3 Å². The highest BCUT2D eigenvalue weighted by Gasteiger charge is 2.29. The van der Waals surface area contributed by atoms with Gasteiger partial charge in [-0.2, -0.15) is 4.79 Å². The Balaban J connectivity index is 1.31. The van der Waals surface area contributed by atoms with Crippen LogP contribution < -0.4 is 21.3 Å². The van der Waals surface area contributed by atoms with Gasteiger partial charge in [-0.05, 0) is 36.1 Å². The Morgan fingerprint density at radius 2 is 1.59 bits per heavy atom. The minimum absolute atomic E-state index is 0.143. The molecule has 0 saturated carbocycles. The number of benzene rings is 2. The van der Waals surface area contributed by atoms with Crippen molar-refractivity contribution in [2.24, 2.45) is 0 Å². The third-order valence-corrected chi connectivity index (χ3v) is 10.8. The molecule has 3 heterocycles. The Bertz CT molecular complexity index is 1960. The number of quaternary nitrogens is 1. The van der Waals surface area contributed by atoms with Crippen LogP contribution in [0.2, 0.25) is 0 Å². The molecule has 0 bridgehead atoms. The molecule has 5 N–H and O–H groups in total. The smallest absolute Gasteiger partial charge is 0.414 e. The van der Waals surface area contributed by atoms with Gasteiger partial charge in [-0.15, -0.1) is 22.7 Å². The molecular formula is C41H49N8O5S2+. The van der Waals surface area contributed by atoms with Crippen molar-refractivity contribution in [3.8, 4) is 0 Å². The number of nitrogens with one attached hydrogen (secondary N) is 3. The van der Waals surface area contributed by atoms with Gasteiger partial charge in [0.2, 0.25) is 11.8 Å². The van der Waals surface area contributed by atoms with Gasteiger partial charge < -0.3 is 25.6 Å². The predicted molar refractivity (Wildman–Crippen MR) is 217 cm³/mol. The van der Waals surface area contributed by atoms with Gasteiger partial charge in [0.05, 0.1) is 52.0 Å². The summed E-state index contributed by atoms with van der Waals surface area (Å²) in [4.78, 5) is 69.1. The summed E-state index contributed by atoms with van der Waals surface area (Å²) >= 11 is 2.96. The van der Waals surface area contributed by atoms with E-state index in [1.807, 2.05) is 66.0 Å². The number of anilines is 1. The first kappa shape index (κ1) is 41.6. The van der Waals surface area contributed by atoms with Crippen molar-refractivity contribution in [3.05, 3.63) is 129 Å². The maximum atomic E-state index is 14.2. The second-order valence-electron chi connectivity index (χ2n) is 13.8. The zero-order chi connectivity index (χ0) is 39.7. The summed E-state index contributed by atoms with van der Waals surface area (Å²) in [6.07, 6.45) is 6.18. The lowest BCUT2D eigenvalue weighted by molar-refractivity contribution is -0.609. The van der Waals surface area contributed by atoms with E-state index in [9.17, 15) is 19.2 Å². The van der Waals surface area contributed by atoms with E-state index < -0.39 is 36.0 Å². The molecule has 3 aromatic heterocycles. The summed E-state index contributed by atoms with van der Waals surface area (Å²) in [5, 5.41) is 13.2. The predicted octanol–water partition coefficient (Wildman–Crippen LogP) is 5.68. The number of nitrogens with zero attached hydrogens (tertiary/aromatic N) is 4. The largest absolute Gasteiger partial charge is 0.513 e. The Kier molecular flexibility index (Phi) is 16.0. The molecule has 5 rings (SSSR count). The lowest BCUT2D eigenvalue weighted by Gasteiger charge is -2.26. The number of thiazole rings is 2. The number of nitrogens with two attached hydrogens (primary N) is 1. The van der Waals surface area contributed by atoms with Gasteiger partial charge in [0.15, 0.2) is 0 Å². The van der Waals surface area contributed by atoms with Gasteiger partial charge in [0, 0.05) is 49.6 Å². The molecule has 5 aromatic rings. The highest BCUT2D eigenvalue weighted by Crippen LogP contribution is 2.20. The fourth-order valence-corrected chi connectivity index (χ4v) is 7.31. The topological polar surface area (TPSA) is 172 Å². The Morgan fingerprint density at radius 1 is 0.857 bits per heavy atom. The van der Waals surface area contributed by atoms with Crippen molar-refractivity contribution in [2.45, 2.75) is 83.1 Å². The SMILES string of the molecule is CC(C)c1nc(CN(C)C(=O)NC(CC(=O)Nc2cccnc2)C(=O)NC(CCC(Cc2ccccc2)[NH2+]C(=O)OCc2cncs2)Cc2ccccc2)cs1. The number of ether oxygens (including phenoxy) is 1. The molecule has 5 amide bonds. The first-order chi connectivity index (χ1) is 27.1. The molecule has 15 heteroatoms. The van der Waals surface area contributed by atoms with Crippen molar-refractivity contribution in [1.29, 1.82) is 0 Å². The highest BCUT2D eigenvalue weighted by atomic mass is 32.1. The summed E-state index contributed by atoms with van der Waals surface area (Å²) in [6, 6.07) is 20.8. The maximum absolute atomic E-state index is 14.2. The van der Waals surface area contributed by atoms with E-state index >= 15 is 0 Å². The standard InChI is InChI=1S/C41H48N8O5S2/c1-28(2)39-46-34(26-55-39)24-49(3)40(52)48-36(21-37(50)44-33-15-10-18-42-22-33)38(51)45-31(19-29-11-6-4-7-12-29)16-17-32(20-30-13-8-5-9-14-30)47-41(53)54-25-35-23-43-27-56-35/h4-15,18,22-23,26-28,31-32,36H,16-17,19-21,24-25H2,1-3H3,(H,44,50)(H,45,51)(H,47,53)(H,48,52)/p+1. The summed E-state index contributed by atoms with van der Waals surface area (Å²) in [7, 11) is 1.62. The monoisotopic (exact) mass is 797 g/mol. The van der Waals surface area contributed by atoms with E-state index in [-0.39, 0.29) is 31.5 Å². The van der Waals surface area contributed by atoms with Crippen LogP contribution in [0.25, 0.3) is 0 Å². The number of carbonyl (C=O) groups excluding carboxylic acids is 4. The van der Waals surface area contributed by atoms with Crippen LogP contribution in [0.4, 0.5) is 15.3 Å². The van der Waals surface area contributed by atoms with Crippen LogP contribution in [0.1, 0.15) is 65.7 Å². The lowest BCUT2D eigenvalue weighted by atomic mass is 9.95. The average Bonchev–Trinajstić information content (AvgIpc) is 3.90. The quantitative estimate of drug-likeness (QED) is 0.0827. The van der Waals surface area contributed by atoms with Crippen molar-refractivity contribution >= 4 is 52.3 Å². The third-order valence-electron chi connectivity index (χ3n) is 8.87. The molecule has 0 aliphatic carbocycles. The summed E-state index contributed by atoms with van der Waals surface area (Å²) < 4.78 is 5.55. The average molecular weight is 798 g/mol. The maximum Gasteiger partial charge on any atom is 0.513 e. The fraction of sp³-hybridized carbons (Fsp3) is 0.341. The fourth-order valence-electron chi connectivity index (χ4n) is 5.98. The molecule has 0 radical (unpaired) electrons. The number of urea groups is 1. The van der Waals surface area contributed by atoms with Gasteiger partial charge in [0.1, 0.15) is 12.6 Å². The molecule has 2 aromatic carbocycles. The number of pyridine rings is 1. The summed E-state index contributed by atoms with van der Waals surface area (Å²) in [6.45, 7) is 4.49. The molecule has 56 heavy (non-hydrogen) atoms. The second kappa shape index (κ2) is 21.5. The van der Waals surface area contributed by atoms with Crippen LogP contribution in [-0.4, -0.2) is 69.0 Å². The molecule has 3 atom stereocenters. The first-order valence-electron chi connectivity index (χ1n) is 18.5. The van der Waals surface area contributed by atoms with E-state index in [0.717, 1.165) is 26.7 Å². The van der Waals surface area contributed by atoms with Gasteiger partial charge >= 0.3 is 12.1 Å². The molecule has 294 valence electrons. The molecular weight excluding hydrogens is 749 g/mol. The number of primary amides is 1. The number of aromatic nitrogens is 3. The molecule has 3 unspecified atom stereocenters. The zero-order valence-electron chi connectivity index (χ0n) is 31.8. The molecule has 0 aliphatic heterocycles. The van der Waals surface area contributed by atoms with E-state index in [0.29, 0.717) is 31.4 Å². The van der Waals surface area contributed by atoms with Crippen LogP contribution in [0.5, 0.6) is 0 Å². The van der Waals surface area contributed by atoms with Crippen molar-refractivity contribution < 1.29 is 29.2 Å². The van der Waals surface area contributed by atoms with Crippen molar-refractivity contribution in [1.82, 2.24) is 30.5 Å². The van der Waals surface area contributed by atoms with E-state index in [4.69, 9.17) is 4.74 Å². The molecule has 0 saturated heterocycles. The van der Waals surface area contributed by atoms with Gasteiger partial charge in [-0.3, -0.25) is 19.6 Å². The zero-order valence-corrected chi connectivity index (χ0v) is 33.4. The number of rotatable bonds is 19. The molecule has 0 aliphatic rings. The van der Waals surface area contributed by atoms with Crippen LogP contribution in [0.15, 0.2) is 102 Å². The Labute approximate surface area is 335 Å². The number of amides is 5. The van der Waals surface area contributed by atoms with E-state index in [2.05, 4.69) is 44.7 Å². The van der Waals surface area contributed by atoms with E-state index in [1.54, 1.807) is 42.4 Å².